The van der Waals surface area contributed by atoms with Crippen molar-refractivity contribution in [2.45, 2.75) is 25.3 Å². The Labute approximate surface area is 203 Å². The van der Waals surface area contributed by atoms with Crippen molar-refractivity contribution in [1.29, 1.82) is 0 Å². The molecule has 11 nitrogen and oxygen atoms in total. The number of hydrogen-bond acceptors (Lipinski definition) is 8. The number of amides is 2. The largest absolute Gasteiger partial charge is 0.454 e. The fourth-order valence-electron chi connectivity index (χ4n) is 3.25. The summed E-state index contributed by atoms with van der Waals surface area (Å²) < 4.78 is 41.7. The molecule has 1 aliphatic rings. The lowest BCUT2D eigenvalue weighted by Crippen LogP contribution is -2.34. The highest BCUT2D eigenvalue weighted by Crippen LogP contribution is 2.32. The molecule has 2 aromatic carbocycles. The summed E-state index contributed by atoms with van der Waals surface area (Å²) in [6.07, 6.45) is 0. The zero-order chi connectivity index (χ0) is 25.4. The van der Waals surface area contributed by atoms with E-state index in [-0.39, 0.29) is 23.8 Å². The maximum absolute atomic E-state index is 12.5. The molecule has 2 N–H and O–H groups in total. The summed E-state index contributed by atoms with van der Waals surface area (Å²) in [5, 5.41) is 4.99. The first-order valence-corrected chi connectivity index (χ1v) is 12.4. The van der Waals surface area contributed by atoms with Gasteiger partial charge >= 0.3 is 5.97 Å². The zero-order valence-corrected chi connectivity index (χ0v) is 20.2. The van der Waals surface area contributed by atoms with E-state index in [2.05, 4.69) is 10.6 Å². The summed E-state index contributed by atoms with van der Waals surface area (Å²) in [5.74, 6) is -0.651. The van der Waals surface area contributed by atoms with Gasteiger partial charge in [-0.25, -0.2) is 8.42 Å². The summed E-state index contributed by atoms with van der Waals surface area (Å²) in [6.45, 7) is 3.56. The van der Waals surface area contributed by atoms with Gasteiger partial charge in [0.05, 0.1) is 4.90 Å². The van der Waals surface area contributed by atoms with Gasteiger partial charge in [-0.05, 0) is 42.0 Å². The molecule has 12 heteroatoms. The van der Waals surface area contributed by atoms with Crippen molar-refractivity contribution < 1.29 is 37.0 Å². The van der Waals surface area contributed by atoms with Crippen molar-refractivity contribution in [3.8, 4) is 11.5 Å². The number of nitrogens with zero attached hydrogens (tertiary/aromatic N) is 1. The van der Waals surface area contributed by atoms with E-state index < -0.39 is 41.0 Å². The van der Waals surface area contributed by atoms with E-state index in [1.807, 2.05) is 0 Å². The first-order chi connectivity index (χ1) is 16.7. The van der Waals surface area contributed by atoms with Crippen molar-refractivity contribution in [3.63, 3.8) is 0 Å². The Morgan fingerprint density at radius 3 is 2.34 bits per heavy atom. The Hall–Kier alpha value is -3.64. The number of hydrogen-bond donors (Lipinski definition) is 2. The third kappa shape index (κ3) is 6.70. The third-order valence-electron chi connectivity index (χ3n) is 5.14. The normalized spacial score (nSPS) is 12.3. The molecule has 2 aromatic rings. The minimum Gasteiger partial charge on any atom is -0.454 e. The molecule has 0 aliphatic carbocycles. The summed E-state index contributed by atoms with van der Waals surface area (Å²) in [5.41, 5.74) is 0.967. The van der Waals surface area contributed by atoms with Gasteiger partial charge in [-0.3, -0.25) is 14.4 Å². The summed E-state index contributed by atoms with van der Waals surface area (Å²) in [4.78, 5) is 36.1. The van der Waals surface area contributed by atoms with Crippen LogP contribution in [0.5, 0.6) is 11.5 Å². The highest BCUT2D eigenvalue weighted by Gasteiger charge is 2.22. The van der Waals surface area contributed by atoms with Crippen LogP contribution in [0.15, 0.2) is 47.4 Å². The van der Waals surface area contributed by atoms with Crippen molar-refractivity contribution >= 4 is 27.8 Å². The number of rotatable bonds is 11. The average molecular weight is 506 g/mol. The molecule has 0 radical (unpaired) electrons. The van der Waals surface area contributed by atoms with E-state index in [1.54, 1.807) is 32.0 Å². The molecule has 2 amide bonds. The Balaban J connectivity index is 1.40. The minimum absolute atomic E-state index is 0.0731. The van der Waals surface area contributed by atoms with E-state index in [1.165, 1.54) is 28.6 Å². The summed E-state index contributed by atoms with van der Waals surface area (Å²) in [7, 11) is -3.63. The third-order valence-corrected chi connectivity index (χ3v) is 7.21. The number of sulfonamides is 1. The molecule has 0 fully saturated rings. The van der Waals surface area contributed by atoms with Crippen LogP contribution in [0.25, 0.3) is 0 Å². The van der Waals surface area contributed by atoms with Gasteiger partial charge in [0, 0.05) is 25.2 Å². The monoisotopic (exact) mass is 505 g/mol. The van der Waals surface area contributed by atoms with Gasteiger partial charge < -0.3 is 24.8 Å². The lowest BCUT2D eigenvalue weighted by Gasteiger charge is -2.18. The first kappa shape index (κ1) is 26.0. The van der Waals surface area contributed by atoms with E-state index in [0.29, 0.717) is 24.6 Å². The van der Waals surface area contributed by atoms with Crippen molar-refractivity contribution in [2.24, 2.45) is 0 Å². The number of carbonyl (C=O) groups is 3. The Morgan fingerprint density at radius 2 is 1.66 bits per heavy atom. The lowest BCUT2D eigenvalue weighted by molar-refractivity contribution is -0.147. The van der Waals surface area contributed by atoms with Gasteiger partial charge in [0.15, 0.2) is 18.1 Å². The molecule has 0 saturated heterocycles. The molecule has 3 rings (SSSR count). The number of esters is 1. The molecule has 1 aliphatic heterocycles. The average Bonchev–Trinajstić information content (AvgIpc) is 3.33. The Kier molecular flexibility index (Phi) is 8.66. The molecule has 0 spiro atoms. The van der Waals surface area contributed by atoms with Gasteiger partial charge in [0.2, 0.25) is 16.8 Å². The number of fused-ring (bicyclic) bond motifs is 1. The Bertz CT molecular complexity index is 1180. The van der Waals surface area contributed by atoms with Crippen LogP contribution in [0.1, 0.15) is 29.8 Å². The van der Waals surface area contributed by atoms with Crippen molar-refractivity contribution in [1.82, 2.24) is 14.9 Å². The van der Waals surface area contributed by atoms with Crippen LogP contribution in [-0.4, -0.2) is 63.5 Å². The molecular weight excluding hydrogens is 478 g/mol. The molecule has 0 bridgehead atoms. The quantitative estimate of drug-likeness (QED) is 0.432. The Morgan fingerprint density at radius 1 is 0.971 bits per heavy atom. The van der Waals surface area contributed by atoms with Gasteiger partial charge in [0.1, 0.15) is 6.54 Å². The highest BCUT2D eigenvalue weighted by molar-refractivity contribution is 7.89. The van der Waals surface area contributed by atoms with Crippen LogP contribution >= 0.6 is 0 Å². The molecule has 0 saturated carbocycles. The van der Waals surface area contributed by atoms with E-state index in [4.69, 9.17) is 14.2 Å². The van der Waals surface area contributed by atoms with Crippen molar-refractivity contribution in [2.75, 3.05) is 33.0 Å². The maximum atomic E-state index is 12.5. The number of carbonyl (C=O) groups excluding carboxylic acids is 3. The highest BCUT2D eigenvalue weighted by atomic mass is 32.2. The smallest absolute Gasteiger partial charge is 0.325 e. The van der Waals surface area contributed by atoms with E-state index in [9.17, 15) is 22.8 Å². The predicted molar refractivity (Wildman–Crippen MR) is 124 cm³/mol. The van der Waals surface area contributed by atoms with Crippen molar-refractivity contribution in [3.05, 3.63) is 53.6 Å². The maximum Gasteiger partial charge on any atom is 0.325 e. The number of benzene rings is 2. The number of nitrogens with one attached hydrogen (secondary N) is 2. The molecular formula is C23H27N3O8S. The zero-order valence-electron chi connectivity index (χ0n) is 19.4. The summed E-state index contributed by atoms with van der Waals surface area (Å²) in [6, 6.07) is 10.7. The van der Waals surface area contributed by atoms with Gasteiger partial charge in [-0.2, -0.15) is 4.31 Å². The van der Waals surface area contributed by atoms with Crippen LogP contribution in [0.2, 0.25) is 0 Å². The molecule has 0 aromatic heterocycles. The summed E-state index contributed by atoms with van der Waals surface area (Å²) >= 11 is 0. The fourth-order valence-corrected chi connectivity index (χ4v) is 4.70. The van der Waals surface area contributed by atoms with Gasteiger partial charge in [0.25, 0.3) is 11.8 Å². The SMILES string of the molecule is CCN(CC)S(=O)(=O)c1ccc(C(=O)NCC(=O)OCC(=O)NCc2ccc3c(c2)OCO3)cc1. The first-order valence-electron chi connectivity index (χ1n) is 10.9. The molecule has 1 heterocycles. The van der Waals surface area contributed by atoms with Gasteiger partial charge in [-0.1, -0.05) is 19.9 Å². The second-order valence-corrected chi connectivity index (χ2v) is 9.36. The second kappa shape index (κ2) is 11.7. The molecule has 188 valence electrons. The lowest BCUT2D eigenvalue weighted by atomic mass is 10.2. The van der Waals surface area contributed by atoms with E-state index in [0.717, 1.165) is 5.56 Å². The topological polar surface area (TPSA) is 140 Å². The molecule has 0 unspecified atom stereocenters. The van der Waals surface area contributed by atoms with Gasteiger partial charge in [-0.15, -0.1) is 0 Å². The van der Waals surface area contributed by atoms with Crippen LogP contribution in [0.3, 0.4) is 0 Å². The van der Waals surface area contributed by atoms with Crippen LogP contribution in [-0.2, 0) is 30.9 Å². The molecule has 35 heavy (non-hydrogen) atoms. The standard InChI is InChI=1S/C23H27N3O8S/c1-3-26(4-2)35(30,31)18-8-6-17(7-9-18)23(29)25-13-22(28)32-14-21(27)24-12-16-5-10-19-20(11-16)34-15-33-19/h5-11H,3-4,12-15H2,1-2H3,(H,24,27)(H,25,29). The minimum atomic E-state index is -3.63. The van der Waals surface area contributed by atoms with Crippen LogP contribution in [0, 0.1) is 0 Å². The molecule has 0 atom stereocenters. The fraction of sp³-hybridized carbons (Fsp3) is 0.348. The number of ether oxygens (including phenoxy) is 3. The van der Waals surface area contributed by atoms with Crippen LogP contribution in [0.4, 0.5) is 0 Å². The van der Waals surface area contributed by atoms with E-state index >= 15 is 0 Å². The van der Waals surface area contributed by atoms with Crippen LogP contribution < -0.4 is 20.1 Å². The predicted octanol–water partition coefficient (Wildman–Crippen LogP) is 1.04. The second-order valence-electron chi connectivity index (χ2n) is 7.42.